The van der Waals surface area contributed by atoms with E-state index in [4.69, 9.17) is 5.73 Å². The molecule has 0 aliphatic rings. The van der Waals surface area contributed by atoms with Crippen LogP contribution in [0.25, 0.3) is 0 Å². The lowest BCUT2D eigenvalue weighted by Crippen LogP contribution is -2.28. The summed E-state index contributed by atoms with van der Waals surface area (Å²) in [5, 5.41) is 5.62. The van der Waals surface area contributed by atoms with Gasteiger partial charge in [-0.2, -0.15) is 0 Å². The van der Waals surface area contributed by atoms with Gasteiger partial charge in [-0.15, -0.1) is 0 Å². The lowest BCUT2D eigenvalue weighted by molar-refractivity contribution is 0.0954. The highest BCUT2D eigenvalue weighted by molar-refractivity contribution is 5.94. The second-order valence-electron chi connectivity index (χ2n) is 4.28. The van der Waals surface area contributed by atoms with E-state index >= 15 is 0 Å². The van der Waals surface area contributed by atoms with Gasteiger partial charge < -0.3 is 16.4 Å². The van der Waals surface area contributed by atoms with Gasteiger partial charge in [-0.1, -0.05) is 0 Å². The predicted octanol–water partition coefficient (Wildman–Crippen LogP) is 1.78. The predicted molar refractivity (Wildman–Crippen MR) is 75.8 cm³/mol. The van der Waals surface area contributed by atoms with E-state index in [-0.39, 0.29) is 5.56 Å². The number of pyridine rings is 1. The normalized spacial score (nSPS) is 10.2. The molecule has 110 valence electrons. The van der Waals surface area contributed by atoms with Gasteiger partial charge in [0.25, 0.3) is 5.91 Å². The van der Waals surface area contributed by atoms with Crippen LogP contribution >= 0.6 is 0 Å². The highest BCUT2D eigenvalue weighted by Crippen LogP contribution is 2.08. The third-order valence-electron chi connectivity index (χ3n) is 2.71. The zero-order valence-corrected chi connectivity index (χ0v) is 11.1. The van der Waals surface area contributed by atoms with E-state index in [0.29, 0.717) is 18.9 Å². The molecular formula is C14H14F2N4O. The van der Waals surface area contributed by atoms with Gasteiger partial charge in [0.05, 0.1) is 11.9 Å². The van der Waals surface area contributed by atoms with Crippen LogP contribution in [0.2, 0.25) is 0 Å². The Bertz CT molecular complexity index is 631. The van der Waals surface area contributed by atoms with Crippen molar-refractivity contribution < 1.29 is 13.6 Å². The number of nitrogens with two attached hydrogens (primary N) is 1. The zero-order valence-electron chi connectivity index (χ0n) is 11.1. The smallest absolute Gasteiger partial charge is 0.251 e. The molecule has 1 heterocycles. The molecule has 0 radical (unpaired) electrons. The standard InChI is InChI=1S/C14H14F2N4O/c15-11-3-1-9(7-12(11)16)14(21)19-6-5-18-10-2-4-13(17)20-8-10/h1-4,7-8,18H,5-6H2,(H2,17,20)(H,19,21). The highest BCUT2D eigenvalue weighted by atomic mass is 19.2. The van der Waals surface area contributed by atoms with Crippen LogP contribution in [0.4, 0.5) is 20.3 Å². The molecule has 0 fully saturated rings. The summed E-state index contributed by atoms with van der Waals surface area (Å²) in [7, 11) is 0. The summed E-state index contributed by atoms with van der Waals surface area (Å²) in [6, 6.07) is 6.43. The quantitative estimate of drug-likeness (QED) is 0.734. The lowest BCUT2D eigenvalue weighted by atomic mass is 10.2. The molecule has 1 aromatic carbocycles. The Morgan fingerprint density at radius 1 is 1.14 bits per heavy atom. The number of nitrogens with zero attached hydrogens (tertiary/aromatic N) is 1. The summed E-state index contributed by atoms with van der Waals surface area (Å²) in [5.74, 6) is -2.07. The molecular weight excluding hydrogens is 278 g/mol. The van der Waals surface area contributed by atoms with Crippen molar-refractivity contribution in [1.29, 1.82) is 0 Å². The van der Waals surface area contributed by atoms with Gasteiger partial charge in [0.15, 0.2) is 11.6 Å². The van der Waals surface area contributed by atoms with Crippen molar-refractivity contribution in [2.45, 2.75) is 0 Å². The van der Waals surface area contributed by atoms with Crippen LogP contribution in [0.1, 0.15) is 10.4 Å². The van der Waals surface area contributed by atoms with Crippen molar-refractivity contribution in [3.8, 4) is 0 Å². The van der Waals surface area contributed by atoms with Gasteiger partial charge >= 0.3 is 0 Å². The number of nitrogens with one attached hydrogen (secondary N) is 2. The molecule has 0 spiro atoms. The van der Waals surface area contributed by atoms with Gasteiger partial charge in [-0.25, -0.2) is 13.8 Å². The topological polar surface area (TPSA) is 80.0 Å². The van der Waals surface area contributed by atoms with Crippen LogP contribution in [0, 0.1) is 11.6 Å². The van der Waals surface area contributed by atoms with Gasteiger partial charge in [0.2, 0.25) is 0 Å². The number of anilines is 2. The van der Waals surface area contributed by atoms with E-state index in [1.807, 2.05) is 0 Å². The Hall–Kier alpha value is -2.70. The fourth-order valence-corrected chi connectivity index (χ4v) is 1.63. The van der Waals surface area contributed by atoms with E-state index in [1.54, 1.807) is 18.3 Å². The fraction of sp³-hybridized carbons (Fsp3) is 0.143. The molecule has 0 saturated heterocycles. The number of hydrogen-bond donors (Lipinski definition) is 3. The summed E-state index contributed by atoms with van der Waals surface area (Å²) in [5.41, 5.74) is 6.30. The van der Waals surface area contributed by atoms with Crippen LogP contribution in [0.3, 0.4) is 0 Å². The number of benzene rings is 1. The summed E-state index contributed by atoms with van der Waals surface area (Å²) in [6.45, 7) is 0.781. The molecule has 0 aliphatic heterocycles. The molecule has 4 N–H and O–H groups in total. The van der Waals surface area contributed by atoms with E-state index in [9.17, 15) is 13.6 Å². The van der Waals surface area contributed by atoms with E-state index in [2.05, 4.69) is 15.6 Å². The molecule has 5 nitrogen and oxygen atoms in total. The lowest BCUT2D eigenvalue weighted by Gasteiger charge is -2.08. The molecule has 0 bridgehead atoms. The molecule has 2 aromatic rings. The average Bonchev–Trinajstić information content (AvgIpc) is 2.48. The number of halogens is 2. The van der Waals surface area contributed by atoms with Crippen LogP contribution in [-0.2, 0) is 0 Å². The van der Waals surface area contributed by atoms with Crippen LogP contribution in [0.15, 0.2) is 36.5 Å². The maximum Gasteiger partial charge on any atom is 0.251 e. The number of nitrogen functional groups attached to an aromatic ring is 1. The maximum atomic E-state index is 13.0. The average molecular weight is 292 g/mol. The third-order valence-corrected chi connectivity index (χ3v) is 2.71. The van der Waals surface area contributed by atoms with Gasteiger partial charge in [-0.05, 0) is 30.3 Å². The largest absolute Gasteiger partial charge is 0.384 e. The second-order valence-corrected chi connectivity index (χ2v) is 4.28. The Morgan fingerprint density at radius 3 is 2.62 bits per heavy atom. The molecule has 1 aromatic heterocycles. The van der Waals surface area contributed by atoms with Crippen molar-refractivity contribution >= 4 is 17.4 Å². The summed E-state index contributed by atoms with van der Waals surface area (Å²) in [4.78, 5) is 15.6. The Labute approximate surface area is 120 Å². The van der Waals surface area contributed by atoms with Crippen LogP contribution in [0.5, 0.6) is 0 Å². The number of rotatable bonds is 5. The minimum absolute atomic E-state index is 0.0723. The maximum absolute atomic E-state index is 13.0. The van der Waals surface area contributed by atoms with Crippen molar-refractivity contribution in [2.75, 3.05) is 24.1 Å². The first-order valence-electron chi connectivity index (χ1n) is 6.25. The number of hydrogen-bond acceptors (Lipinski definition) is 4. The molecule has 0 unspecified atom stereocenters. The van der Waals surface area contributed by atoms with Crippen molar-refractivity contribution in [3.63, 3.8) is 0 Å². The van der Waals surface area contributed by atoms with E-state index in [0.717, 1.165) is 17.8 Å². The first-order chi connectivity index (χ1) is 10.1. The monoisotopic (exact) mass is 292 g/mol. The third kappa shape index (κ3) is 4.13. The van der Waals surface area contributed by atoms with Crippen molar-refractivity contribution in [1.82, 2.24) is 10.3 Å². The van der Waals surface area contributed by atoms with Gasteiger partial charge in [-0.3, -0.25) is 4.79 Å². The summed E-state index contributed by atoms with van der Waals surface area (Å²) < 4.78 is 25.8. The molecule has 0 atom stereocenters. The molecule has 0 aliphatic carbocycles. The van der Waals surface area contributed by atoms with Crippen molar-refractivity contribution in [2.24, 2.45) is 0 Å². The minimum Gasteiger partial charge on any atom is -0.384 e. The Morgan fingerprint density at radius 2 is 1.95 bits per heavy atom. The molecule has 21 heavy (non-hydrogen) atoms. The number of carbonyl (C=O) groups is 1. The van der Waals surface area contributed by atoms with E-state index < -0.39 is 17.5 Å². The fourth-order valence-electron chi connectivity index (χ4n) is 1.63. The molecule has 1 amide bonds. The molecule has 7 heteroatoms. The Balaban J connectivity index is 1.79. The molecule has 2 rings (SSSR count). The van der Waals surface area contributed by atoms with Crippen molar-refractivity contribution in [3.05, 3.63) is 53.7 Å². The Kier molecular flexibility index (Phi) is 4.65. The number of amides is 1. The van der Waals surface area contributed by atoms with Crippen LogP contribution in [-0.4, -0.2) is 24.0 Å². The minimum atomic E-state index is -1.05. The first-order valence-corrected chi connectivity index (χ1v) is 6.25. The van der Waals surface area contributed by atoms with Gasteiger partial charge in [0, 0.05) is 18.7 Å². The number of carbonyl (C=O) groups excluding carboxylic acids is 1. The zero-order chi connectivity index (χ0) is 15.2. The van der Waals surface area contributed by atoms with Crippen LogP contribution < -0.4 is 16.4 Å². The highest BCUT2D eigenvalue weighted by Gasteiger charge is 2.08. The van der Waals surface area contributed by atoms with E-state index in [1.165, 1.54) is 6.07 Å². The van der Waals surface area contributed by atoms with Gasteiger partial charge in [0.1, 0.15) is 5.82 Å². The summed E-state index contributed by atoms with van der Waals surface area (Å²) in [6.07, 6.45) is 1.58. The SMILES string of the molecule is Nc1ccc(NCCNC(=O)c2ccc(F)c(F)c2)cn1. The summed E-state index contributed by atoms with van der Waals surface area (Å²) >= 11 is 0. The first kappa shape index (κ1) is 14.7. The second kappa shape index (κ2) is 6.65. The number of aromatic nitrogens is 1. The molecule has 0 saturated carbocycles.